The van der Waals surface area contributed by atoms with Gasteiger partial charge in [-0.25, -0.2) is 13.8 Å². The van der Waals surface area contributed by atoms with Gasteiger partial charge in [-0.15, -0.1) is 0 Å². The maximum atomic E-state index is 12.6. The summed E-state index contributed by atoms with van der Waals surface area (Å²) in [5, 5.41) is 18.2. The molecule has 0 aliphatic heterocycles. The van der Waals surface area contributed by atoms with Crippen LogP contribution in [0.1, 0.15) is 30.3 Å². The number of halogens is 2. The summed E-state index contributed by atoms with van der Waals surface area (Å²) in [4.78, 5) is 14.5. The van der Waals surface area contributed by atoms with E-state index in [9.17, 15) is 18.7 Å². The molecule has 1 rings (SSSR count). The Hall–Kier alpha value is -2.23. The van der Waals surface area contributed by atoms with E-state index in [2.05, 4.69) is 9.72 Å². The fraction of sp³-hybridized carbons (Fsp3) is 0.364. The predicted molar refractivity (Wildman–Crippen MR) is 55.9 cm³/mol. The monoisotopic (exact) mass is 256 g/mol. The summed E-state index contributed by atoms with van der Waals surface area (Å²) >= 11 is 0. The smallest absolute Gasteiger partial charge is 0.310 e. The minimum atomic E-state index is -3.03. The van der Waals surface area contributed by atoms with E-state index in [0.717, 1.165) is 6.07 Å². The number of nitrogens with zero attached hydrogens (tertiary/aromatic N) is 2. The van der Waals surface area contributed by atoms with Crippen LogP contribution in [0.2, 0.25) is 0 Å². The van der Waals surface area contributed by atoms with Gasteiger partial charge < -0.3 is 9.84 Å². The molecule has 1 aromatic rings. The Balaban J connectivity index is 3.14. The third kappa shape index (κ3) is 3.13. The van der Waals surface area contributed by atoms with Gasteiger partial charge >= 0.3 is 5.97 Å². The number of carbonyl (C=O) groups is 1. The average Bonchev–Trinajstić information content (AvgIpc) is 2.31. The van der Waals surface area contributed by atoms with Gasteiger partial charge in [-0.2, -0.15) is 5.26 Å². The predicted octanol–water partition coefficient (Wildman–Crippen LogP) is 1.70. The number of nitriles is 1. The van der Waals surface area contributed by atoms with Crippen LogP contribution >= 0.6 is 0 Å². The topological polar surface area (TPSA) is 83.2 Å². The first-order valence-corrected chi connectivity index (χ1v) is 5.06. The lowest BCUT2D eigenvalue weighted by atomic mass is 10.1. The van der Waals surface area contributed by atoms with E-state index in [0.29, 0.717) is 0 Å². The highest BCUT2D eigenvalue weighted by Crippen LogP contribution is 2.30. The van der Waals surface area contributed by atoms with Gasteiger partial charge in [0.15, 0.2) is 0 Å². The van der Waals surface area contributed by atoms with E-state index in [-0.39, 0.29) is 17.9 Å². The van der Waals surface area contributed by atoms with Gasteiger partial charge in [0.05, 0.1) is 13.0 Å². The molecule has 96 valence electrons. The number of carbonyl (C=O) groups excluding carboxylic acids is 1. The summed E-state index contributed by atoms with van der Waals surface area (Å²) in [7, 11) is 0. The highest BCUT2D eigenvalue weighted by molar-refractivity contribution is 5.73. The molecule has 0 aliphatic rings. The summed E-state index contributed by atoms with van der Waals surface area (Å²) in [5.74, 6) is -1.46. The third-order valence-electron chi connectivity index (χ3n) is 2.06. The van der Waals surface area contributed by atoms with Crippen molar-refractivity contribution in [1.82, 2.24) is 4.98 Å². The number of aromatic nitrogens is 1. The number of esters is 1. The Labute approximate surface area is 102 Å². The number of ether oxygens (including phenoxy) is 1. The second-order valence-electron chi connectivity index (χ2n) is 3.29. The van der Waals surface area contributed by atoms with Crippen LogP contribution in [-0.4, -0.2) is 22.7 Å². The summed E-state index contributed by atoms with van der Waals surface area (Å²) < 4.78 is 29.8. The molecular formula is C11H10F2N2O3. The molecule has 0 atom stereocenters. The van der Waals surface area contributed by atoms with E-state index in [1.54, 1.807) is 13.0 Å². The Bertz CT molecular complexity index is 498. The number of pyridine rings is 1. The summed E-state index contributed by atoms with van der Waals surface area (Å²) in [5.41, 5.74) is -1.30. The molecule has 0 bridgehead atoms. The normalized spacial score (nSPS) is 10.2. The van der Waals surface area contributed by atoms with Crippen molar-refractivity contribution in [3.05, 3.63) is 23.0 Å². The van der Waals surface area contributed by atoms with Gasteiger partial charge in [-0.3, -0.25) is 4.79 Å². The van der Waals surface area contributed by atoms with E-state index >= 15 is 0 Å². The quantitative estimate of drug-likeness (QED) is 0.829. The summed E-state index contributed by atoms with van der Waals surface area (Å²) in [6.45, 7) is 1.73. The maximum Gasteiger partial charge on any atom is 0.310 e. The van der Waals surface area contributed by atoms with Gasteiger partial charge in [0.25, 0.3) is 6.43 Å². The van der Waals surface area contributed by atoms with Crippen LogP contribution < -0.4 is 0 Å². The molecule has 0 fully saturated rings. The molecular weight excluding hydrogens is 246 g/mol. The lowest BCUT2D eigenvalue weighted by Gasteiger charge is -2.08. The Morgan fingerprint density at radius 2 is 2.33 bits per heavy atom. The van der Waals surface area contributed by atoms with Crippen LogP contribution in [0.5, 0.6) is 5.75 Å². The molecule has 5 nitrogen and oxygen atoms in total. The molecule has 0 radical (unpaired) electrons. The Morgan fingerprint density at radius 3 is 2.83 bits per heavy atom. The van der Waals surface area contributed by atoms with Gasteiger partial charge in [0, 0.05) is 5.56 Å². The fourth-order valence-electron chi connectivity index (χ4n) is 1.32. The zero-order valence-corrected chi connectivity index (χ0v) is 9.48. The number of aromatic hydroxyl groups is 1. The largest absolute Gasteiger partial charge is 0.506 e. The SMILES string of the molecule is CCOC(=O)Cc1cc(C#N)nc(C(F)F)c1O. The van der Waals surface area contributed by atoms with Gasteiger partial charge in [0.1, 0.15) is 23.2 Å². The number of rotatable bonds is 4. The molecule has 0 aliphatic carbocycles. The first kappa shape index (κ1) is 13.8. The van der Waals surface area contributed by atoms with Crippen LogP contribution in [0, 0.1) is 11.3 Å². The Kier molecular flexibility index (Phi) is 4.54. The maximum absolute atomic E-state index is 12.6. The molecule has 0 saturated heterocycles. The molecule has 18 heavy (non-hydrogen) atoms. The minimum absolute atomic E-state index is 0.102. The number of alkyl halides is 2. The minimum Gasteiger partial charge on any atom is -0.506 e. The average molecular weight is 256 g/mol. The highest BCUT2D eigenvalue weighted by atomic mass is 19.3. The molecule has 0 aromatic carbocycles. The van der Waals surface area contributed by atoms with E-state index in [4.69, 9.17) is 5.26 Å². The molecule has 1 aromatic heterocycles. The highest BCUT2D eigenvalue weighted by Gasteiger charge is 2.21. The van der Waals surface area contributed by atoms with Crippen molar-refractivity contribution in [2.24, 2.45) is 0 Å². The fourth-order valence-corrected chi connectivity index (χ4v) is 1.32. The molecule has 0 unspecified atom stereocenters. The van der Waals surface area contributed by atoms with Gasteiger partial charge in [-0.1, -0.05) is 0 Å². The second-order valence-corrected chi connectivity index (χ2v) is 3.29. The van der Waals surface area contributed by atoms with E-state index in [1.165, 1.54) is 0 Å². The van der Waals surface area contributed by atoms with Gasteiger partial charge in [0.2, 0.25) is 0 Å². The zero-order chi connectivity index (χ0) is 13.7. The molecule has 0 saturated carbocycles. The van der Waals surface area contributed by atoms with Crippen LogP contribution in [0.3, 0.4) is 0 Å². The van der Waals surface area contributed by atoms with Crippen LogP contribution in [0.4, 0.5) is 8.78 Å². The standard InChI is InChI=1S/C11H10F2N2O3/c1-2-18-8(16)4-6-3-7(5-14)15-9(10(6)17)11(12)13/h3,11,17H,2,4H2,1H3. The van der Waals surface area contributed by atoms with Crippen molar-refractivity contribution >= 4 is 5.97 Å². The second kappa shape index (κ2) is 5.91. The van der Waals surface area contributed by atoms with Crippen molar-refractivity contribution in [2.45, 2.75) is 19.8 Å². The molecule has 1 N–H and O–H groups in total. The van der Waals surface area contributed by atoms with Crippen molar-refractivity contribution < 1.29 is 23.4 Å². The molecule has 1 heterocycles. The molecule has 7 heteroatoms. The van der Waals surface area contributed by atoms with Crippen LogP contribution in [0.15, 0.2) is 6.07 Å². The third-order valence-corrected chi connectivity index (χ3v) is 2.06. The van der Waals surface area contributed by atoms with Crippen molar-refractivity contribution in [2.75, 3.05) is 6.61 Å². The van der Waals surface area contributed by atoms with E-state index in [1.807, 2.05) is 0 Å². The number of hydrogen-bond donors (Lipinski definition) is 1. The first-order valence-electron chi connectivity index (χ1n) is 5.06. The van der Waals surface area contributed by atoms with Crippen molar-refractivity contribution in [3.8, 4) is 11.8 Å². The molecule has 0 spiro atoms. The van der Waals surface area contributed by atoms with Crippen LogP contribution in [-0.2, 0) is 16.0 Å². The number of hydrogen-bond acceptors (Lipinski definition) is 5. The lowest BCUT2D eigenvalue weighted by molar-refractivity contribution is -0.142. The van der Waals surface area contributed by atoms with Gasteiger partial charge in [-0.05, 0) is 13.0 Å². The first-order chi connectivity index (χ1) is 8.49. The van der Waals surface area contributed by atoms with Crippen molar-refractivity contribution in [3.63, 3.8) is 0 Å². The summed E-state index contributed by atoms with van der Waals surface area (Å²) in [6, 6.07) is 2.67. The van der Waals surface area contributed by atoms with Crippen LogP contribution in [0.25, 0.3) is 0 Å². The zero-order valence-electron chi connectivity index (χ0n) is 9.48. The Morgan fingerprint density at radius 1 is 1.67 bits per heavy atom. The lowest BCUT2D eigenvalue weighted by Crippen LogP contribution is -2.09. The molecule has 0 amide bonds. The summed E-state index contributed by atoms with van der Waals surface area (Å²) in [6.07, 6.45) is -3.42. The van der Waals surface area contributed by atoms with E-state index < -0.39 is 30.3 Å². The van der Waals surface area contributed by atoms with Crippen molar-refractivity contribution in [1.29, 1.82) is 5.26 Å².